The number of rotatable bonds is 3. The molecule has 0 saturated carbocycles. The van der Waals surface area contributed by atoms with E-state index in [0.717, 1.165) is 5.56 Å². The first-order valence-electron chi connectivity index (χ1n) is 8.18. The van der Waals surface area contributed by atoms with Crippen LogP contribution in [-0.2, 0) is 11.3 Å². The summed E-state index contributed by atoms with van der Waals surface area (Å²) in [5.41, 5.74) is 1.21. The maximum absolute atomic E-state index is 12.4. The van der Waals surface area contributed by atoms with Crippen molar-refractivity contribution in [3.63, 3.8) is 0 Å². The lowest BCUT2D eigenvalue weighted by Gasteiger charge is -2.34. The summed E-state index contributed by atoms with van der Waals surface area (Å²) in [6, 6.07) is 16.0. The largest absolute Gasteiger partial charge is 0.507 e. The Morgan fingerprint density at radius 2 is 1.48 bits per heavy atom. The van der Waals surface area contributed by atoms with Gasteiger partial charge in [0, 0.05) is 26.2 Å². The predicted molar refractivity (Wildman–Crippen MR) is 92.2 cm³/mol. The molecule has 0 bridgehead atoms. The number of carbonyl (C=O) groups excluding carboxylic acids is 2. The Kier molecular flexibility index (Phi) is 5.18. The molecular formula is C19H20N2O4. The first-order valence-corrected chi connectivity index (χ1v) is 8.18. The maximum atomic E-state index is 12.4. The number of nitrogens with zero attached hydrogens (tertiary/aromatic N) is 2. The van der Waals surface area contributed by atoms with E-state index in [1.807, 2.05) is 30.3 Å². The summed E-state index contributed by atoms with van der Waals surface area (Å²) in [6.45, 7) is 1.87. The van der Waals surface area contributed by atoms with Crippen LogP contribution >= 0.6 is 0 Å². The highest BCUT2D eigenvalue weighted by atomic mass is 16.6. The zero-order chi connectivity index (χ0) is 17.6. The van der Waals surface area contributed by atoms with Crippen LogP contribution in [0.5, 0.6) is 5.75 Å². The van der Waals surface area contributed by atoms with E-state index in [1.54, 1.807) is 28.0 Å². The van der Waals surface area contributed by atoms with Crippen molar-refractivity contribution in [1.29, 1.82) is 0 Å². The summed E-state index contributed by atoms with van der Waals surface area (Å²) >= 11 is 0. The van der Waals surface area contributed by atoms with Crippen LogP contribution in [-0.4, -0.2) is 53.1 Å². The molecule has 1 aliphatic heterocycles. The average Bonchev–Trinajstić information content (AvgIpc) is 2.67. The molecule has 0 unspecified atom stereocenters. The Labute approximate surface area is 146 Å². The van der Waals surface area contributed by atoms with Gasteiger partial charge in [-0.1, -0.05) is 42.5 Å². The Hall–Kier alpha value is -3.02. The first-order chi connectivity index (χ1) is 12.1. The summed E-state index contributed by atoms with van der Waals surface area (Å²) in [5.74, 6) is -0.257. The van der Waals surface area contributed by atoms with Gasteiger partial charge in [-0.25, -0.2) is 4.79 Å². The average molecular weight is 340 g/mol. The van der Waals surface area contributed by atoms with E-state index in [9.17, 15) is 14.7 Å². The number of amides is 2. The molecule has 1 aliphatic rings. The van der Waals surface area contributed by atoms with Crippen molar-refractivity contribution in [2.45, 2.75) is 6.61 Å². The number of phenols is 1. The summed E-state index contributed by atoms with van der Waals surface area (Å²) in [6.07, 6.45) is -0.376. The van der Waals surface area contributed by atoms with E-state index >= 15 is 0 Å². The molecule has 1 N–H and O–H groups in total. The number of aromatic hydroxyl groups is 1. The number of hydrogen-bond donors (Lipinski definition) is 1. The minimum atomic E-state index is -0.376. The monoisotopic (exact) mass is 340 g/mol. The standard InChI is InChI=1S/C19H20N2O4/c22-17-9-5-4-8-16(17)18(23)20-10-12-21(13-11-20)19(24)25-14-15-6-2-1-3-7-15/h1-9,22H,10-14H2. The second-order valence-corrected chi connectivity index (χ2v) is 5.84. The van der Waals surface area contributed by atoms with E-state index in [-0.39, 0.29) is 29.9 Å². The van der Waals surface area contributed by atoms with Crippen LogP contribution in [0, 0.1) is 0 Å². The molecule has 2 aromatic carbocycles. The zero-order valence-electron chi connectivity index (χ0n) is 13.8. The molecule has 1 heterocycles. The van der Waals surface area contributed by atoms with E-state index in [4.69, 9.17) is 4.74 Å². The molecule has 3 rings (SSSR count). The van der Waals surface area contributed by atoms with Gasteiger partial charge in [0.2, 0.25) is 0 Å². The van der Waals surface area contributed by atoms with Gasteiger partial charge in [0.15, 0.2) is 0 Å². The second kappa shape index (κ2) is 7.70. The van der Waals surface area contributed by atoms with Crippen molar-refractivity contribution in [3.05, 3.63) is 65.7 Å². The molecule has 0 atom stereocenters. The minimum absolute atomic E-state index is 0.0304. The molecule has 0 spiro atoms. The van der Waals surface area contributed by atoms with Crippen LogP contribution in [0.2, 0.25) is 0 Å². The number of phenolic OH excluding ortho intramolecular Hbond substituents is 1. The van der Waals surface area contributed by atoms with Crippen LogP contribution in [0.15, 0.2) is 54.6 Å². The van der Waals surface area contributed by atoms with E-state index in [1.165, 1.54) is 6.07 Å². The fourth-order valence-electron chi connectivity index (χ4n) is 2.73. The fourth-order valence-corrected chi connectivity index (χ4v) is 2.73. The van der Waals surface area contributed by atoms with Gasteiger partial charge in [-0.15, -0.1) is 0 Å². The Bertz CT molecular complexity index is 740. The summed E-state index contributed by atoms with van der Waals surface area (Å²) in [4.78, 5) is 27.8. The third-order valence-electron chi connectivity index (χ3n) is 4.16. The lowest BCUT2D eigenvalue weighted by atomic mass is 10.1. The van der Waals surface area contributed by atoms with Gasteiger partial charge in [-0.2, -0.15) is 0 Å². The van der Waals surface area contributed by atoms with Crippen molar-refractivity contribution in [1.82, 2.24) is 9.80 Å². The van der Waals surface area contributed by atoms with E-state index in [2.05, 4.69) is 0 Å². The third-order valence-corrected chi connectivity index (χ3v) is 4.16. The molecule has 0 aliphatic carbocycles. The van der Waals surface area contributed by atoms with Crippen molar-refractivity contribution >= 4 is 12.0 Å². The van der Waals surface area contributed by atoms with Crippen molar-refractivity contribution < 1.29 is 19.4 Å². The SMILES string of the molecule is O=C(OCc1ccccc1)N1CCN(C(=O)c2ccccc2O)CC1. The second-order valence-electron chi connectivity index (χ2n) is 5.84. The van der Waals surface area contributed by atoms with Crippen LogP contribution < -0.4 is 0 Å². The lowest BCUT2D eigenvalue weighted by molar-refractivity contribution is 0.0541. The minimum Gasteiger partial charge on any atom is -0.507 e. The third kappa shape index (κ3) is 4.09. The van der Waals surface area contributed by atoms with Crippen molar-refractivity contribution in [2.75, 3.05) is 26.2 Å². The fraction of sp³-hybridized carbons (Fsp3) is 0.263. The number of para-hydroxylation sites is 1. The molecule has 1 fully saturated rings. The molecule has 0 radical (unpaired) electrons. The van der Waals surface area contributed by atoms with Gasteiger partial charge in [0.1, 0.15) is 12.4 Å². The van der Waals surface area contributed by atoms with Gasteiger partial charge < -0.3 is 19.6 Å². The van der Waals surface area contributed by atoms with E-state index in [0.29, 0.717) is 26.2 Å². The first kappa shape index (κ1) is 16.8. The molecule has 25 heavy (non-hydrogen) atoms. The highest BCUT2D eigenvalue weighted by Crippen LogP contribution is 2.19. The van der Waals surface area contributed by atoms with Gasteiger partial charge in [-0.05, 0) is 17.7 Å². The number of ether oxygens (including phenoxy) is 1. The normalized spacial score (nSPS) is 14.2. The molecule has 130 valence electrons. The molecular weight excluding hydrogens is 320 g/mol. The highest BCUT2D eigenvalue weighted by molar-refractivity contribution is 5.96. The van der Waals surface area contributed by atoms with Gasteiger partial charge in [0.05, 0.1) is 5.56 Å². The zero-order valence-corrected chi connectivity index (χ0v) is 13.8. The summed E-state index contributed by atoms with van der Waals surface area (Å²) < 4.78 is 5.31. The van der Waals surface area contributed by atoms with Gasteiger partial charge in [-0.3, -0.25) is 4.79 Å². The Morgan fingerprint density at radius 3 is 2.16 bits per heavy atom. The van der Waals surface area contributed by atoms with Crippen LogP contribution in [0.4, 0.5) is 4.79 Å². The number of carbonyl (C=O) groups is 2. The molecule has 1 saturated heterocycles. The van der Waals surface area contributed by atoms with Crippen molar-refractivity contribution in [2.24, 2.45) is 0 Å². The van der Waals surface area contributed by atoms with Gasteiger partial charge >= 0.3 is 6.09 Å². The summed E-state index contributed by atoms with van der Waals surface area (Å²) in [5, 5.41) is 9.80. The van der Waals surface area contributed by atoms with Crippen LogP contribution in [0.25, 0.3) is 0 Å². The molecule has 6 nitrogen and oxygen atoms in total. The molecule has 2 amide bonds. The molecule has 2 aromatic rings. The number of hydrogen-bond acceptors (Lipinski definition) is 4. The predicted octanol–water partition coefficient (Wildman–Crippen LogP) is 2.49. The number of benzene rings is 2. The smallest absolute Gasteiger partial charge is 0.410 e. The molecule has 6 heteroatoms. The van der Waals surface area contributed by atoms with Crippen LogP contribution in [0.1, 0.15) is 15.9 Å². The maximum Gasteiger partial charge on any atom is 0.410 e. The Morgan fingerprint density at radius 1 is 0.880 bits per heavy atom. The van der Waals surface area contributed by atoms with Crippen LogP contribution in [0.3, 0.4) is 0 Å². The van der Waals surface area contributed by atoms with Crippen molar-refractivity contribution in [3.8, 4) is 5.75 Å². The number of piperazine rings is 1. The quantitative estimate of drug-likeness (QED) is 0.932. The van der Waals surface area contributed by atoms with Gasteiger partial charge in [0.25, 0.3) is 5.91 Å². The summed E-state index contributed by atoms with van der Waals surface area (Å²) in [7, 11) is 0. The topological polar surface area (TPSA) is 70.1 Å². The molecule has 0 aromatic heterocycles. The van der Waals surface area contributed by atoms with E-state index < -0.39 is 0 Å². The highest BCUT2D eigenvalue weighted by Gasteiger charge is 2.26. The lowest BCUT2D eigenvalue weighted by Crippen LogP contribution is -2.50. The Balaban J connectivity index is 1.50.